The van der Waals surface area contributed by atoms with E-state index in [0.717, 1.165) is 10.0 Å². The number of hydrogen-bond acceptors (Lipinski definition) is 6. The molecule has 0 spiro atoms. The molecule has 122 valence electrons. The van der Waals surface area contributed by atoms with Crippen molar-refractivity contribution in [3.8, 4) is 11.5 Å². The second-order valence-corrected chi connectivity index (χ2v) is 5.93. The standard InChI is InChI=1S/C16H16BrNO5/c1-3-12-15(9(2)23-18-12)16(19)22-8-10-6-13-14(7-11(10)17)21-5-4-20-13/h6-7H,3-5,8H2,1-2H3. The number of ether oxygens (including phenoxy) is 3. The molecule has 6 nitrogen and oxygen atoms in total. The highest BCUT2D eigenvalue weighted by molar-refractivity contribution is 9.10. The van der Waals surface area contributed by atoms with Gasteiger partial charge < -0.3 is 18.7 Å². The summed E-state index contributed by atoms with van der Waals surface area (Å²) >= 11 is 3.46. The van der Waals surface area contributed by atoms with Crippen LogP contribution in [0, 0.1) is 6.92 Å². The first-order valence-corrected chi connectivity index (χ1v) is 8.09. The summed E-state index contributed by atoms with van der Waals surface area (Å²) in [5.41, 5.74) is 1.81. The normalized spacial score (nSPS) is 13.0. The molecule has 0 fully saturated rings. The Labute approximate surface area is 141 Å². The topological polar surface area (TPSA) is 70.8 Å². The maximum atomic E-state index is 12.3. The number of benzene rings is 1. The average molecular weight is 382 g/mol. The van der Waals surface area contributed by atoms with Gasteiger partial charge in [0.15, 0.2) is 11.5 Å². The van der Waals surface area contributed by atoms with Crippen molar-refractivity contribution < 1.29 is 23.5 Å². The molecule has 0 saturated carbocycles. The number of hydrogen-bond donors (Lipinski definition) is 0. The number of rotatable bonds is 4. The van der Waals surface area contributed by atoms with Crippen molar-refractivity contribution in [2.45, 2.75) is 26.9 Å². The molecule has 2 heterocycles. The molecular weight excluding hydrogens is 366 g/mol. The van der Waals surface area contributed by atoms with Gasteiger partial charge in [-0.25, -0.2) is 4.79 Å². The smallest absolute Gasteiger partial charge is 0.344 e. The highest BCUT2D eigenvalue weighted by atomic mass is 79.9. The molecule has 1 aromatic heterocycles. The quantitative estimate of drug-likeness (QED) is 0.755. The second-order valence-electron chi connectivity index (χ2n) is 5.08. The van der Waals surface area contributed by atoms with Crippen molar-refractivity contribution in [2.75, 3.05) is 13.2 Å². The highest BCUT2D eigenvalue weighted by Crippen LogP contribution is 2.35. The average Bonchev–Trinajstić information content (AvgIpc) is 2.93. The maximum absolute atomic E-state index is 12.3. The number of fused-ring (bicyclic) bond motifs is 1. The fourth-order valence-electron chi connectivity index (χ4n) is 2.35. The van der Waals surface area contributed by atoms with Crippen molar-refractivity contribution >= 4 is 21.9 Å². The first-order valence-electron chi connectivity index (χ1n) is 7.30. The number of halogens is 1. The number of esters is 1. The van der Waals surface area contributed by atoms with Crippen LogP contribution in [0.1, 0.15) is 34.3 Å². The predicted octanol–water partition coefficient (Wildman–Crippen LogP) is 3.44. The lowest BCUT2D eigenvalue weighted by atomic mass is 10.1. The molecule has 0 aliphatic carbocycles. The Morgan fingerprint density at radius 2 is 2.00 bits per heavy atom. The third-order valence-electron chi connectivity index (χ3n) is 3.54. The molecule has 1 aromatic carbocycles. The van der Waals surface area contributed by atoms with E-state index in [2.05, 4.69) is 21.1 Å². The number of aromatic nitrogens is 1. The molecule has 0 N–H and O–H groups in total. The van der Waals surface area contributed by atoms with Crippen LogP contribution in [-0.4, -0.2) is 24.3 Å². The van der Waals surface area contributed by atoms with E-state index in [1.54, 1.807) is 6.92 Å². The molecule has 0 atom stereocenters. The molecule has 3 rings (SSSR count). The molecule has 0 saturated heterocycles. The van der Waals surface area contributed by atoms with Crippen LogP contribution >= 0.6 is 15.9 Å². The van der Waals surface area contributed by atoms with Crippen LogP contribution in [0.3, 0.4) is 0 Å². The minimum absolute atomic E-state index is 0.115. The SMILES string of the molecule is CCc1noc(C)c1C(=O)OCc1cc2c(cc1Br)OCCO2. The maximum Gasteiger partial charge on any atom is 0.344 e. The Balaban J connectivity index is 1.75. The van der Waals surface area contributed by atoms with Gasteiger partial charge >= 0.3 is 5.97 Å². The van der Waals surface area contributed by atoms with E-state index in [-0.39, 0.29) is 6.61 Å². The first-order chi connectivity index (χ1) is 11.1. The lowest BCUT2D eigenvalue weighted by molar-refractivity contribution is 0.0468. The highest BCUT2D eigenvalue weighted by Gasteiger charge is 2.21. The Kier molecular flexibility index (Phi) is 4.56. The molecule has 2 aromatic rings. The summed E-state index contributed by atoms with van der Waals surface area (Å²) in [5, 5.41) is 3.86. The van der Waals surface area contributed by atoms with Gasteiger partial charge in [0.25, 0.3) is 0 Å². The van der Waals surface area contributed by atoms with Crippen LogP contribution in [0.4, 0.5) is 0 Å². The second kappa shape index (κ2) is 6.62. The van der Waals surface area contributed by atoms with Gasteiger partial charge in [0.1, 0.15) is 31.1 Å². The van der Waals surface area contributed by atoms with Crippen LogP contribution in [0.15, 0.2) is 21.1 Å². The monoisotopic (exact) mass is 381 g/mol. The van der Waals surface area contributed by atoms with Gasteiger partial charge in [-0.05, 0) is 25.5 Å². The summed E-state index contributed by atoms with van der Waals surface area (Å²) in [4.78, 5) is 12.3. The van der Waals surface area contributed by atoms with Crippen molar-refractivity contribution in [1.82, 2.24) is 5.16 Å². The molecule has 7 heteroatoms. The van der Waals surface area contributed by atoms with E-state index >= 15 is 0 Å². The van der Waals surface area contributed by atoms with Gasteiger partial charge in [0.2, 0.25) is 0 Å². The van der Waals surface area contributed by atoms with E-state index in [0.29, 0.717) is 48.2 Å². The minimum Gasteiger partial charge on any atom is -0.486 e. The van der Waals surface area contributed by atoms with Crippen molar-refractivity contribution in [3.05, 3.63) is 39.2 Å². The summed E-state index contributed by atoms with van der Waals surface area (Å²) in [6.45, 7) is 4.76. The number of carbonyl (C=O) groups is 1. The third-order valence-corrected chi connectivity index (χ3v) is 4.28. The van der Waals surface area contributed by atoms with E-state index < -0.39 is 5.97 Å². The summed E-state index contributed by atoms with van der Waals surface area (Å²) in [7, 11) is 0. The van der Waals surface area contributed by atoms with Crippen LogP contribution < -0.4 is 9.47 Å². The zero-order valence-corrected chi connectivity index (χ0v) is 14.4. The van der Waals surface area contributed by atoms with E-state index in [1.807, 2.05) is 19.1 Å². The van der Waals surface area contributed by atoms with Gasteiger partial charge in [-0.15, -0.1) is 0 Å². The molecule has 0 radical (unpaired) electrons. The Morgan fingerprint density at radius 3 is 2.70 bits per heavy atom. The van der Waals surface area contributed by atoms with Crippen molar-refractivity contribution in [2.24, 2.45) is 0 Å². The van der Waals surface area contributed by atoms with E-state index in [4.69, 9.17) is 18.7 Å². The molecule has 0 bridgehead atoms. The number of carbonyl (C=O) groups excluding carboxylic acids is 1. The van der Waals surface area contributed by atoms with Crippen molar-refractivity contribution in [1.29, 1.82) is 0 Å². The Morgan fingerprint density at radius 1 is 1.30 bits per heavy atom. The van der Waals surface area contributed by atoms with E-state index in [1.165, 1.54) is 0 Å². The summed E-state index contributed by atoms with van der Waals surface area (Å²) < 4.78 is 22.3. The number of aryl methyl sites for hydroxylation is 2. The van der Waals surface area contributed by atoms with Crippen LogP contribution in [0.2, 0.25) is 0 Å². The zero-order valence-electron chi connectivity index (χ0n) is 12.8. The zero-order chi connectivity index (χ0) is 16.4. The van der Waals surface area contributed by atoms with Gasteiger partial charge in [-0.2, -0.15) is 0 Å². The van der Waals surface area contributed by atoms with Crippen molar-refractivity contribution in [3.63, 3.8) is 0 Å². The molecule has 1 aliphatic rings. The lowest BCUT2D eigenvalue weighted by Crippen LogP contribution is -2.16. The Bertz CT molecular complexity index is 740. The fourth-order valence-corrected chi connectivity index (χ4v) is 2.79. The van der Waals surface area contributed by atoms with Crippen LogP contribution in [0.5, 0.6) is 11.5 Å². The molecule has 0 unspecified atom stereocenters. The first kappa shape index (κ1) is 15.9. The van der Waals surface area contributed by atoms with Gasteiger partial charge in [0, 0.05) is 10.0 Å². The summed E-state index contributed by atoms with van der Waals surface area (Å²) in [5.74, 6) is 1.36. The van der Waals surface area contributed by atoms with Gasteiger partial charge in [0.05, 0.1) is 5.69 Å². The largest absolute Gasteiger partial charge is 0.486 e. The third kappa shape index (κ3) is 3.19. The van der Waals surface area contributed by atoms with Gasteiger partial charge in [-0.1, -0.05) is 28.0 Å². The minimum atomic E-state index is -0.442. The van der Waals surface area contributed by atoms with Crippen LogP contribution in [-0.2, 0) is 17.8 Å². The molecule has 0 amide bonds. The summed E-state index contributed by atoms with van der Waals surface area (Å²) in [6.07, 6.45) is 0.607. The number of nitrogens with zero attached hydrogens (tertiary/aromatic N) is 1. The van der Waals surface area contributed by atoms with Crippen LogP contribution in [0.25, 0.3) is 0 Å². The molecule has 23 heavy (non-hydrogen) atoms. The van der Waals surface area contributed by atoms with Gasteiger partial charge in [-0.3, -0.25) is 0 Å². The molecule has 1 aliphatic heterocycles. The fraction of sp³-hybridized carbons (Fsp3) is 0.375. The Hall–Kier alpha value is -2.02. The molecular formula is C16H16BrNO5. The predicted molar refractivity (Wildman–Crippen MR) is 84.9 cm³/mol. The summed E-state index contributed by atoms with van der Waals surface area (Å²) in [6, 6.07) is 3.63. The van der Waals surface area contributed by atoms with E-state index in [9.17, 15) is 4.79 Å². The lowest BCUT2D eigenvalue weighted by Gasteiger charge is -2.19.